The minimum Gasteiger partial charge on any atom is -0.494 e. The number of rotatable bonds is 8. The summed E-state index contributed by atoms with van der Waals surface area (Å²) < 4.78 is 12.1. The second kappa shape index (κ2) is 10.2. The summed E-state index contributed by atoms with van der Waals surface area (Å²) in [6.07, 6.45) is 3.95. The summed E-state index contributed by atoms with van der Waals surface area (Å²) in [5.74, 6) is 1.42. The number of ether oxygens (including phenoxy) is 2. The van der Waals surface area contributed by atoms with Gasteiger partial charge in [0.25, 0.3) is 5.91 Å². The molecule has 1 heterocycles. The molecule has 0 aromatic heterocycles. The second-order valence-corrected chi connectivity index (χ2v) is 9.02. The van der Waals surface area contributed by atoms with E-state index in [1.54, 1.807) is 4.90 Å². The van der Waals surface area contributed by atoms with Crippen LogP contribution in [0.5, 0.6) is 11.5 Å². The first kappa shape index (κ1) is 22.4. The highest BCUT2D eigenvalue weighted by Crippen LogP contribution is 2.39. The van der Waals surface area contributed by atoms with Crippen LogP contribution < -0.4 is 14.4 Å². The maximum Gasteiger partial charge on any atom is 0.270 e. The third kappa shape index (κ3) is 4.66. The number of thiocarbonyl (C=S) groups is 1. The van der Waals surface area contributed by atoms with Gasteiger partial charge in [0.05, 0.1) is 23.8 Å². The Bertz CT molecular complexity index is 1170. The van der Waals surface area contributed by atoms with Gasteiger partial charge in [-0.05, 0) is 60.5 Å². The molecule has 0 N–H and O–H groups in total. The summed E-state index contributed by atoms with van der Waals surface area (Å²) in [6, 6.07) is 19.6. The van der Waals surface area contributed by atoms with E-state index in [9.17, 15) is 4.79 Å². The van der Waals surface area contributed by atoms with E-state index < -0.39 is 0 Å². The van der Waals surface area contributed by atoms with Crippen molar-refractivity contribution in [2.75, 3.05) is 18.1 Å². The van der Waals surface area contributed by atoms with Crippen molar-refractivity contribution < 1.29 is 14.3 Å². The van der Waals surface area contributed by atoms with Gasteiger partial charge in [-0.3, -0.25) is 9.69 Å². The van der Waals surface area contributed by atoms with Crippen LogP contribution in [-0.4, -0.2) is 23.4 Å². The average molecular weight is 464 g/mol. The molecule has 32 heavy (non-hydrogen) atoms. The van der Waals surface area contributed by atoms with Crippen molar-refractivity contribution >= 4 is 56.7 Å². The normalized spacial score (nSPS) is 15.1. The molecule has 4 rings (SSSR count). The molecule has 0 unspecified atom stereocenters. The Morgan fingerprint density at radius 2 is 1.78 bits per heavy atom. The number of amides is 1. The number of carbonyl (C=O) groups excluding carboxylic acids is 1. The van der Waals surface area contributed by atoms with Gasteiger partial charge in [0.2, 0.25) is 0 Å². The molecule has 4 nitrogen and oxygen atoms in total. The number of unbranched alkanes of at least 4 members (excludes halogenated alkanes) is 1. The standard InChI is InChI=1S/C26H25NO3S2/c1-3-5-16-30-23-15-10-18-8-6-7-9-21(18)22(23)17-24-25(28)27(26(31)32-24)19-11-13-20(14-12-19)29-4-2/h6-15,17H,3-5,16H2,1-2H3/b24-17-. The van der Waals surface area contributed by atoms with E-state index in [0.29, 0.717) is 22.4 Å². The molecule has 0 spiro atoms. The lowest BCUT2D eigenvalue weighted by atomic mass is 10.0. The minimum atomic E-state index is -0.128. The zero-order chi connectivity index (χ0) is 22.5. The summed E-state index contributed by atoms with van der Waals surface area (Å²) in [7, 11) is 0. The van der Waals surface area contributed by atoms with E-state index in [4.69, 9.17) is 21.7 Å². The van der Waals surface area contributed by atoms with Gasteiger partial charge in [-0.25, -0.2) is 0 Å². The maximum atomic E-state index is 13.3. The molecule has 3 aromatic rings. The van der Waals surface area contributed by atoms with Gasteiger partial charge in [-0.1, -0.05) is 67.7 Å². The Balaban J connectivity index is 1.69. The number of nitrogens with zero attached hydrogens (tertiary/aromatic N) is 1. The summed E-state index contributed by atoms with van der Waals surface area (Å²) >= 11 is 6.87. The van der Waals surface area contributed by atoms with Gasteiger partial charge in [0.15, 0.2) is 4.32 Å². The molecule has 1 fully saturated rings. The van der Waals surface area contributed by atoms with Gasteiger partial charge in [0, 0.05) is 5.56 Å². The Kier molecular flexibility index (Phi) is 7.12. The zero-order valence-electron chi connectivity index (χ0n) is 18.2. The monoisotopic (exact) mass is 463 g/mol. The lowest BCUT2D eigenvalue weighted by Gasteiger charge is -2.15. The number of hydrogen-bond donors (Lipinski definition) is 0. The van der Waals surface area contributed by atoms with Crippen molar-refractivity contribution in [1.82, 2.24) is 0 Å². The number of fused-ring (bicyclic) bond motifs is 1. The highest BCUT2D eigenvalue weighted by molar-refractivity contribution is 8.27. The second-order valence-electron chi connectivity index (χ2n) is 7.34. The van der Waals surface area contributed by atoms with Gasteiger partial charge >= 0.3 is 0 Å². The highest BCUT2D eigenvalue weighted by atomic mass is 32.2. The van der Waals surface area contributed by atoms with Crippen LogP contribution in [-0.2, 0) is 4.79 Å². The van der Waals surface area contributed by atoms with Crippen LogP contribution in [0, 0.1) is 0 Å². The Morgan fingerprint density at radius 3 is 2.53 bits per heavy atom. The van der Waals surface area contributed by atoms with Crippen LogP contribution in [0.2, 0.25) is 0 Å². The molecule has 1 aliphatic heterocycles. The van der Waals surface area contributed by atoms with Crippen LogP contribution in [0.15, 0.2) is 65.6 Å². The molecule has 6 heteroatoms. The summed E-state index contributed by atoms with van der Waals surface area (Å²) in [6.45, 7) is 5.31. The van der Waals surface area contributed by atoms with Crippen LogP contribution >= 0.6 is 24.0 Å². The van der Waals surface area contributed by atoms with Gasteiger partial charge < -0.3 is 9.47 Å². The molecule has 1 saturated heterocycles. The van der Waals surface area contributed by atoms with Crippen molar-refractivity contribution in [3.05, 3.63) is 71.1 Å². The molecule has 0 atom stereocenters. The third-order valence-corrected chi connectivity index (χ3v) is 6.46. The first-order valence-corrected chi connectivity index (χ1v) is 12.0. The molecule has 0 radical (unpaired) electrons. The van der Waals surface area contributed by atoms with Crippen LogP contribution in [0.25, 0.3) is 16.8 Å². The van der Waals surface area contributed by atoms with Gasteiger partial charge in [-0.2, -0.15) is 0 Å². The van der Waals surface area contributed by atoms with E-state index in [1.807, 2.05) is 55.5 Å². The molecule has 0 saturated carbocycles. The van der Waals surface area contributed by atoms with Crippen LogP contribution in [0.4, 0.5) is 5.69 Å². The van der Waals surface area contributed by atoms with E-state index in [-0.39, 0.29) is 5.91 Å². The predicted octanol–water partition coefficient (Wildman–Crippen LogP) is 6.82. The Hall–Kier alpha value is -2.83. The molecule has 1 aliphatic rings. The number of hydrogen-bond acceptors (Lipinski definition) is 5. The van der Waals surface area contributed by atoms with Crippen molar-refractivity contribution in [1.29, 1.82) is 0 Å². The number of benzene rings is 3. The maximum absolute atomic E-state index is 13.3. The lowest BCUT2D eigenvalue weighted by molar-refractivity contribution is -0.113. The Labute approximate surface area is 198 Å². The number of anilines is 1. The SMILES string of the molecule is CCCCOc1ccc2ccccc2c1/C=C1\SC(=S)N(c2ccc(OCC)cc2)C1=O. The van der Waals surface area contributed by atoms with Gasteiger partial charge in [0.1, 0.15) is 11.5 Å². The van der Waals surface area contributed by atoms with E-state index in [2.05, 4.69) is 25.1 Å². The van der Waals surface area contributed by atoms with Crippen molar-refractivity contribution in [2.24, 2.45) is 0 Å². The lowest BCUT2D eigenvalue weighted by Crippen LogP contribution is -2.27. The quantitative estimate of drug-likeness (QED) is 0.208. The fourth-order valence-electron chi connectivity index (χ4n) is 3.56. The average Bonchev–Trinajstić information content (AvgIpc) is 3.09. The fourth-order valence-corrected chi connectivity index (χ4v) is 4.84. The molecule has 164 valence electrons. The molecular weight excluding hydrogens is 438 g/mol. The van der Waals surface area contributed by atoms with Crippen LogP contribution in [0.1, 0.15) is 32.3 Å². The summed E-state index contributed by atoms with van der Waals surface area (Å²) in [5, 5.41) is 2.15. The largest absolute Gasteiger partial charge is 0.494 e. The van der Waals surface area contributed by atoms with Gasteiger partial charge in [-0.15, -0.1) is 0 Å². The van der Waals surface area contributed by atoms with E-state index in [0.717, 1.165) is 46.4 Å². The number of thioether (sulfide) groups is 1. The predicted molar refractivity (Wildman–Crippen MR) is 138 cm³/mol. The smallest absolute Gasteiger partial charge is 0.270 e. The molecule has 0 aliphatic carbocycles. The first-order valence-electron chi connectivity index (χ1n) is 10.8. The van der Waals surface area contributed by atoms with Crippen molar-refractivity contribution in [3.8, 4) is 11.5 Å². The first-order chi connectivity index (χ1) is 15.6. The van der Waals surface area contributed by atoms with Crippen molar-refractivity contribution in [3.63, 3.8) is 0 Å². The molecule has 0 bridgehead atoms. The molecular formula is C26H25NO3S2. The van der Waals surface area contributed by atoms with Crippen molar-refractivity contribution in [2.45, 2.75) is 26.7 Å². The highest BCUT2D eigenvalue weighted by Gasteiger charge is 2.33. The van der Waals surface area contributed by atoms with E-state index >= 15 is 0 Å². The molecule has 3 aromatic carbocycles. The van der Waals surface area contributed by atoms with E-state index in [1.165, 1.54) is 11.8 Å². The number of carbonyl (C=O) groups is 1. The zero-order valence-corrected chi connectivity index (χ0v) is 19.8. The molecule has 1 amide bonds. The summed E-state index contributed by atoms with van der Waals surface area (Å²) in [4.78, 5) is 15.5. The Morgan fingerprint density at radius 1 is 1.00 bits per heavy atom. The topological polar surface area (TPSA) is 38.8 Å². The fraction of sp³-hybridized carbons (Fsp3) is 0.231. The van der Waals surface area contributed by atoms with Crippen LogP contribution in [0.3, 0.4) is 0 Å². The third-order valence-electron chi connectivity index (χ3n) is 5.16. The minimum absolute atomic E-state index is 0.128. The summed E-state index contributed by atoms with van der Waals surface area (Å²) in [5.41, 5.74) is 1.64.